The van der Waals surface area contributed by atoms with Crippen LogP contribution in [0.5, 0.6) is 0 Å². The lowest BCUT2D eigenvalue weighted by Gasteiger charge is -2.04. The summed E-state index contributed by atoms with van der Waals surface area (Å²) in [4.78, 5) is 23.2. The Morgan fingerprint density at radius 3 is 2.86 bits per heavy atom. The molecule has 0 saturated heterocycles. The number of hydrogen-bond acceptors (Lipinski definition) is 4. The quantitative estimate of drug-likeness (QED) is 0.828. The second-order valence-electron chi connectivity index (χ2n) is 4.33. The first-order valence-electron chi connectivity index (χ1n) is 6.46. The first-order valence-corrected chi connectivity index (χ1v) is 6.46. The van der Waals surface area contributed by atoms with Gasteiger partial charge in [0.15, 0.2) is 17.5 Å². The molecule has 116 valence electrons. The van der Waals surface area contributed by atoms with Crippen molar-refractivity contribution < 1.29 is 23.1 Å². The van der Waals surface area contributed by atoms with Crippen LogP contribution in [0.25, 0.3) is 0 Å². The number of amides is 1. The minimum atomic E-state index is -1.06. The number of esters is 1. The number of aromatic nitrogens is 2. The van der Waals surface area contributed by atoms with Gasteiger partial charge in [0, 0.05) is 11.6 Å². The van der Waals surface area contributed by atoms with Crippen LogP contribution in [-0.2, 0) is 16.0 Å². The van der Waals surface area contributed by atoms with Gasteiger partial charge in [0.1, 0.15) is 5.69 Å². The highest BCUT2D eigenvalue weighted by molar-refractivity contribution is 5.93. The lowest BCUT2D eigenvalue weighted by atomic mass is 10.1. The topological polar surface area (TPSA) is 84.1 Å². The van der Waals surface area contributed by atoms with Gasteiger partial charge in [-0.25, -0.2) is 13.6 Å². The molecule has 0 atom stereocenters. The predicted molar refractivity (Wildman–Crippen MR) is 73.2 cm³/mol. The van der Waals surface area contributed by atoms with Crippen molar-refractivity contribution in [2.75, 3.05) is 11.9 Å². The maximum atomic E-state index is 13.5. The van der Waals surface area contributed by atoms with Gasteiger partial charge in [-0.2, -0.15) is 5.10 Å². The molecule has 0 spiro atoms. The lowest BCUT2D eigenvalue weighted by molar-refractivity contribution is -0.115. The second-order valence-corrected chi connectivity index (χ2v) is 4.33. The molecule has 22 heavy (non-hydrogen) atoms. The molecule has 0 fully saturated rings. The maximum absolute atomic E-state index is 13.5. The van der Waals surface area contributed by atoms with E-state index < -0.39 is 23.5 Å². The Morgan fingerprint density at radius 1 is 1.36 bits per heavy atom. The number of ether oxygens (including phenoxy) is 1. The lowest BCUT2D eigenvalue weighted by Crippen LogP contribution is -2.15. The molecule has 2 N–H and O–H groups in total. The van der Waals surface area contributed by atoms with E-state index in [4.69, 9.17) is 4.74 Å². The summed E-state index contributed by atoms with van der Waals surface area (Å²) in [5, 5.41) is 8.50. The average molecular weight is 309 g/mol. The van der Waals surface area contributed by atoms with Crippen LogP contribution in [0.15, 0.2) is 24.3 Å². The van der Waals surface area contributed by atoms with Crippen LogP contribution in [0, 0.1) is 11.6 Å². The standard InChI is InChI=1S/C14H13F2N3O3/c1-2-22-14(21)10-7-11(19-18-10)17-12(20)6-8-4-3-5-9(15)13(8)16/h3-5,7H,2,6H2,1H3,(H2,17,18,19,20). The van der Waals surface area contributed by atoms with Crippen LogP contribution >= 0.6 is 0 Å². The van der Waals surface area contributed by atoms with Crippen LogP contribution in [0.2, 0.25) is 0 Å². The Balaban J connectivity index is 2.00. The summed E-state index contributed by atoms with van der Waals surface area (Å²) in [7, 11) is 0. The highest BCUT2D eigenvalue weighted by Gasteiger charge is 2.15. The third-order valence-electron chi connectivity index (χ3n) is 2.72. The minimum absolute atomic E-state index is 0.0707. The summed E-state index contributed by atoms with van der Waals surface area (Å²) in [6, 6.07) is 4.88. The predicted octanol–water partition coefficient (Wildman–Crippen LogP) is 2.05. The van der Waals surface area contributed by atoms with Gasteiger partial charge in [-0.15, -0.1) is 0 Å². The zero-order chi connectivity index (χ0) is 16.1. The molecule has 0 bridgehead atoms. The van der Waals surface area contributed by atoms with Crippen molar-refractivity contribution in [1.29, 1.82) is 0 Å². The van der Waals surface area contributed by atoms with E-state index in [0.717, 1.165) is 6.07 Å². The molecule has 0 unspecified atom stereocenters. The van der Waals surface area contributed by atoms with Crippen LogP contribution in [0.3, 0.4) is 0 Å². The minimum Gasteiger partial charge on any atom is -0.461 e. The molecule has 8 heteroatoms. The van der Waals surface area contributed by atoms with E-state index in [2.05, 4.69) is 15.5 Å². The number of anilines is 1. The molecule has 0 radical (unpaired) electrons. The largest absolute Gasteiger partial charge is 0.461 e. The summed E-state index contributed by atoms with van der Waals surface area (Å²) in [6.07, 6.45) is -0.356. The van der Waals surface area contributed by atoms with Crippen molar-refractivity contribution in [3.63, 3.8) is 0 Å². The van der Waals surface area contributed by atoms with Crippen molar-refractivity contribution >= 4 is 17.7 Å². The van der Waals surface area contributed by atoms with Crippen LogP contribution in [-0.4, -0.2) is 28.7 Å². The molecule has 1 aromatic heterocycles. The second kappa shape index (κ2) is 6.79. The summed E-state index contributed by atoms with van der Waals surface area (Å²) in [6.45, 7) is 1.86. The van der Waals surface area contributed by atoms with Gasteiger partial charge in [-0.05, 0) is 13.0 Å². The molecule has 1 aromatic carbocycles. The highest BCUT2D eigenvalue weighted by atomic mass is 19.2. The molecule has 0 aliphatic heterocycles. The fourth-order valence-corrected chi connectivity index (χ4v) is 1.74. The van der Waals surface area contributed by atoms with E-state index in [1.807, 2.05) is 0 Å². The van der Waals surface area contributed by atoms with Gasteiger partial charge >= 0.3 is 5.97 Å². The number of carbonyl (C=O) groups is 2. The third kappa shape index (κ3) is 3.66. The number of nitrogens with one attached hydrogen (secondary N) is 2. The normalized spacial score (nSPS) is 10.3. The number of rotatable bonds is 5. The Morgan fingerprint density at radius 2 is 2.14 bits per heavy atom. The summed E-state index contributed by atoms with van der Waals surface area (Å²) < 4.78 is 31.3. The highest BCUT2D eigenvalue weighted by Crippen LogP contribution is 2.13. The average Bonchev–Trinajstić information content (AvgIpc) is 2.92. The molecule has 1 amide bonds. The van der Waals surface area contributed by atoms with E-state index in [1.165, 1.54) is 18.2 Å². The van der Waals surface area contributed by atoms with Crippen molar-refractivity contribution in [2.24, 2.45) is 0 Å². The van der Waals surface area contributed by atoms with Crippen molar-refractivity contribution in [3.8, 4) is 0 Å². The molecule has 0 saturated carbocycles. The van der Waals surface area contributed by atoms with Gasteiger partial charge in [-0.1, -0.05) is 12.1 Å². The summed E-state index contributed by atoms with van der Waals surface area (Å²) in [5.74, 6) is -3.19. The van der Waals surface area contributed by atoms with Crippen LogP contribution in [0.4, 0.5) is 14.6 Å². The van der Waals surface area contributed by atoms with Gasteiger partial charge in [-0.3, -0.25) is 9.89 Å². The third-order valence-corrected chi connectivity index (χ3v) is 2.72. The van der Waals surface area contributed by atoms with Gasteiger partial charge in [0.25, 0.3) is 0 Å². The molecular weight excluding hydrogens is 296 g/mol. The van der Waals surface area contributed by atoms with E-state index in [0.29, 0.717) is 0 Å². The van der Waals surface area contributed by atoms with E-state index in [-0.39, 0.29) is 30.1 Å². The Labute approximate surface area is 124 Å². The van der Waals surface area contributed by atoms with E-state index >= 15 is 0 Å². The Bertz CT molecular complexity index is 700. The molecule has 0 aliphatic rings. The van der Waals surface area contributed by atoms with Gasteiger partial charge in [0.05, 0.1) is 13.0 Å². The Hall–Kier alpha value is -2.77. The molecule has 2 aromatic rings. The fraction of sp³-hybridized carbons (Fsp3) is 0.214. The number of hydrogen-bond donors (Lipinski definition) is 2. The van der Waals surface area contributed by atoms with Crippen molar-refractivity contribution in [2.45, 2.75) is 13.3 Å². The number of aromatic amines is 1. The number of carbonyl (C=O) groups excluding carboxylic acids is 2. The first-order chi connectivity index (χ1) is 10.5. The first kappa shape index (κ1) is 15.6. The van der Waals surface area contributed by atoms with Crippen molar-refractivity contribution in [1.82, 2.24) is 10.2 Å². The summed E-state index contributed by atoms with van der Waals surface area (Å²) in [5.41, 5.74) is 0.00716. The molecule has 2 rings (SSSR count). The van der Waals surface area contributed by atoms with Gasteiger partial charge in [0.2, 0.25) is 5.91 Å². The van der Waals surface area contributed by atoms with Gasteiger partial charge < -0.3 is 10.1 Å². The maximum Gasteiger partial charge on any atom is 0.356 e. The zero-order valence-electron chi connectivity index (χ0n) is 11.7. The van der Waals surface area contributed by atoms with Crippen LogP contribution < -0.4 is 5.32 Å². The fourth-order valence-electron chi connectivity index (χ4n) is 1.74. The number of benzene rings is 1. The summed E-state index contributed by atoms with van der Waals surface area (Å²) >= 11 is 0. The molecule has 6 nitrogen and oxygen atoms in total. The number of H-pyrrole nitrogens is 1. The molecular formula is C14H13F2N3O3. The zero-order valence-corrected chi connectivity index (χ0v) is 11.7. The molecule has 1 heterocycles. The van der Waals surface area contributed by atoms with E-state index in [9.17, 15) is 18.4 Å². The SMILES string of the molecule is CCOC(=O)c1cc(NC(=O)Cc2cccc(F)c2F)n[nH]1. The number of nitrogens with zero attached hydrogens (tertiary/aromatic N) is 1. The smallest absolute Gasteiger partial charge is 0.356 e. The monoisotopic (exact) mass is 309 g/mol. The van der Waals surface area contributed by atoms with Crippen LogP contribution in [0.1, 0.15) is 23.0 Å². The van der Waals surface area contributed by atoms with Crippen molar-refractivity contribution in [3.05, 3.63) is 47.2 Å². The molecule has 0 aliphatic carbocycles. The number of halogens is 2. The Kier molecular flexibility index (Phi) is 4.82. The van der Waals surface area contributed by atoms with E-state index in [1.54, 1.807) is 6.92 Å².